The van der Waals surface area contributed by atoms with Gasteiger partial charge in [-0.05, 0) is 30.3 Å². The number of amides is 1. The maximum absolute atomic E-state index is 12.5. The third-order valence-electron chi connectivity index (χ3n) is 4.13. The summed E-state index contributed by atoms with van der Waals surface area (Å²) in [4.78, 5) is 22.3. The summed E-state index contributed by atoms with van der Waals surface area (Å²) in [7, 11) is 0. The van der Waals surface area contributed by atoms with Gasteiger partial charge in [-0.15, -0.1) is 22.7 Å². The molecule has 0 saturated carbocycles. The van der Waals surface area contributed by atoms with Gasteiger partial charge in [0, 0.05) is 34.6 Å². The average molecular weight is 376 g/mol. The number of carbonyl (C=O) groups excluding carboxylic acids is 1. The quantitative estimate of drug-likeness (QED) is 0.486. The molecule has 1 amide bonds. The SMILES string of the molecule is O=C(Nc1ccc(-c2cn3ccsc3n2)cc1)c1ccc2ncsc2c1. The second-order valence-electron chi connectivity index (χ2n) is 5.79. The maximum atomic E-state index is 12.5. The fourth-order valence-corrected chi connectivity index (χ4v) is 4.21. The molecule has 3 heterocycles. The van der Waals surface area contributed by atoms with Crippen LogP contribution in [0.4, 0.5) is 5.69 Å². The first kappa shape index (κ1) is 15.2. The van der Waals surface area contributed by atoms with Gasteiger partial charge in [0.05, 0.1) is 21.4 Å². The highest BCUT2D eigenvalue weighted by Gasteiger charge is 2.09. The van der Waals surface area contributed by atoms with Crippen LogP contribution in [0.5, 0.6) is 0 Å². The van der Waals surface area contributed by atoms with Gasteiger partial charge in [-0.1, -0.05) is 12.1 Å². The highest BCUT2D eigenvalue weighted by atomic mass is 32.1. The lowest BCUT2D eigenvalue weighted by molar-refractivity contribution is 0.102. The number of fused-ring (bicyclic) bond motifs is 2. The summed E-state index contributed by atoms with van der Waals surface area (Å²) in [6.07, 6.45) is 3.99. The van der Waals surface area contributed by atoms with E-state index < -0.39 is 0 Å². The predicted molar refractivity (Wildman–Crippen MR) is 106 cm³/mol. The summed E-state index contributed by atoms with van der Waals surface area (Å²) in [5.41, 5.74) is 6.01. The Balaban J connectivity index is 1.36. The van der Waals surface area contributed by atoms with Gasteiger partial charge in [0.15, 0.2) is 4.96 Å². The number of thiazole rings is 2. The molecule has 0 atom stereocenters. The van der Waals surface area contributed by atoms with E-state index in [9.17, 15) is 4.79 Å². The number of imidazole rings is 1. The van der Waals surface area contributed by atoms with Crippen molar-refractivity contribution in [2.24, 2.45) is 0 Å². The van der Waals surface area contributed by atoms with Gasteiger partial charge in [0.1, 0.15) is 0 Å². The molecule has 0 spiro atoms. The molecule has 5 aromatic rings. The minimum Gasteiger partial charge on any atom is -0.322 e. The number of nitrogens with zero attached hydrogens (tertiary/aromatic N) is 3. The molecule has 0 unspecified atom stereocenters. The standard InChI is InChI=1S/C19H12N4OS2/c24-18(13-3-6-15-17(9-13)26-11-20-15)21-14-4-1-12(2-5-14)16-10-23-7-8-25-19(23)22-16/h1-11H,(H,21,24). The van der Waals surface area contributed by atoms with Gasteiger partial charge < -0.3 is 5.32 Å². The number of aromatic nitrogens is 3. The number of rotatable bonds is 3. The van der Waals surface area contributed by atoms with Crippen LogP contribution >= 0.6 is 22.7 Å². The van der Waals surface area contributed by atoms with E-state index in [0.29, 0.717) is 5.56 Å². The number of carbonyl (C=O) groups is 1. The van der Waals surface area contributed by atoms with E-state index in [1.54, 1.807) is 22.9 Å². The van der Waals surface area contributed by atoms with Crippen molar-refractivity contribution in [2.75, 3.05) is 5.32 Å². The van der Waals surface area contributed by atoms with Gasteiger partial charge in [0.25, 0.3) is 5.91 Å². The monoisotopic (exact) mass is 376 g/mol. The van der Waals surface area contributed by atoms with Crippen LogP contribution in [0, 0.1) is 0 Å². The van der Waals surface area contributed by atoms with Crippen molar-refractivity contribution in [2.45, 2.75) is 0 Å². The topological polar surface area (TPSA) is 59.3 Å². The molecule has 126 valence electrons. The molecular formula is C19H12N4OS2. The Bertz CT molecular complexity index is 1200. The fraction of sp³-hybridized carbons (Fsp3) is 0. The molecule has 5 rings (SSSR count). The van der Waals surface area contributed by atoms with Crippen LogP contribution < -0.4 is 5.32 Å². The van der Waals surface area contributed by atoms with Crippen molar-refractivity contribution in [3.05, 3.63) is 71.3 Å². The zero-order valence-electron chi connectivity index (χ0n) is 13.4. The van der Waals surface area contributed by atoms with Crippen LogP contribution in [0.1, 0.15) is 10.4 Å². The van der Waals surface area contributed by atoms with Gasteiger partial charge in [0.2, 0.25) is 0 Å². The molecule has 7 heteroatoms. The molecule has 0 aliphatic carbocycles. The predicted octanol–water partition coefficient (Wildman–Crippen LogP) is 4.92. The number of hydrogen-bond donors (Lipinski definition) is 1. The largest absolute Gasteiger partial charge is 0.322 e. The Morgan fingerprint density at radius 1 is 1.08 bits per heavy atom. The van der Waals surface area contributed by atoms with Crippen molar-refractivity contribution >= 4 is 49.4 Å². The molecule has 26 heavy (non-hydrogen) atoms. The highest BCUT2D eigenvalue weighted by molar-refractivity contribution is 7.16. The average Bonchev–Trinajstić information content (AvgIpc) is 3.37. The van der Waals surface area contributed by atoms with Crippen LogP contribution in [0.3, 0.4) is 0 Å². The molecule has 0 aliphatic rings. The summed E-state index contributed by atoms with van der Waals surface area (Å²) < 4.78 is 3.01. The first-order valence-corrected chi connectivity index (χ1v) is 9.69. The number of anilines is 1. The fourth-order valence-electron chi connectivity index (χ4n) is 2.79. The van der Waals surface area contributed by atoms with Crippen molar-refractivity contribution in [1.29, 1.82) is 0 Å². The van der Waals surface area contributed by atoms with E-state index in [4.69, 9.17) is 0 Å². The normalized spacial score (nSPS) is 11.2. The van der Waals surface area contributed by atoms with Crippen molar-refractivity contribution < 1.29 is 4.79 Å². The lowest BCUT2D eigenvalue weighted by Gasteiger charge is -2.06. The molecule has 1 N–H and O–H groups in total. The first-order valence-electron chi connectivity index (χ1n) is 7.93. The first-order chi connectivity index (χ1) is 12.8. The maximum Gasteiger partial charge on any atom is 0.255 e. The minimum absolute atomic E-state index is 0.129. The zero-order valence-corrected chi connectivity index (χ0v) is 15.1. The summed E-state index contributed by atoms with van der Waals surface area (Å²) in [6.45, 7) is 0. The van der Waals surface area contributed by atoms with Gasteiger partial charge in [-0.3, -0.25) is 9.20 Å². The third-order valence-corrected chi connectivity index (χ3v) is 5.69. The molecule has 0 bridgehead atoms. The van der Waals surface area contributed by atoms with Gasteiger partial charge in [-0.25, -0.2) is 9.97 Å². The smallest absolute Gasteiger partial charge is 0.255 e. The lowest BCUT2D eigenvalue weighted by Crippen LogP contribution is -2.11. The van der Waals surface area contributed by atoms with E-state index in [0.717, 1.165) is 32.1 Å². The Kier molecular flexibility index (Phi) is 3.55. The molecule has 0 fully saturated rings. The molecule has 3 aromatic heterocycles. The molecule has 0 aliphatic heterocycles. The highest BCUT2D eigenvalue weighted by Crippen LogP contribution is 2.24. The van der Waals surface area contributed by atoms with E-state index in [2.05, 4.69) is 15.3 Å². The van der Waals surface area contributed by atoms with Gasteiger partial charge >= 0.3 is 0 Å². The van der Waals surface area contributed by atoms with Crippen molar-refractivity contribution in [3.8, 4) is 11.3 Å². The molecular weight excluding hydrogens is 364 g/mol. The van der Waals surface area contributed by atoms with Crippen molar-refractivity contribution in [1.82, 2.24) is 14.4 Å². The number of nitrogens with one attached hydrogen (secondary N) is 1. The zero-order chi connectivity index (χ0) is 17.5. The van der Waals surface area contributed by atoms with Crippen LogP contribution in [-0.4, -0.2) is 20.3 Å². The Morgan fingerprint density at radius 3 is 2.81 bits per heavy atom. The number of benzene rings is 2. The van der Waals surface area contributed by atoms with Crippen LogP contribution in [0.25, 0.3) is 26.4 Å². The van der Waals surface area contributed by atoms with Crippen LogP contribution in [0.2, 0.25) is 0 Å². The second-order valence-corrected chi connectivity index (χ2v) is 7.54. The summed E-state index contributed by atoms with van der Waals surface area (Å²) in [5.74, 6) is -0.129. The minimum atomic E-state index is -0.129. The lowest BCUT2D eigenvalue weighted by atomic mass is 10.1. The second kappa shape index (κ2) is 6.05. The molecule has 5 nitrogen and oxygen atoms in total. The van der Waals surface area contributed by atoms with Gasteiger partial charge in [-0.2, -0.15) is 0 Å². The molecule has 2 aromatic carbocycles. The Hall–Kier alpha value is -3.03. The molecule has 0 saturated heterocycles. The number of hydrogen-bond acceptors (Lipinski definition) is 5. The van der Waals surface area contributed by atoms with Crippen molar-refractivity contribution in [3.63, 3.8) is 0 Å². The third kappa shape index (κ3) is 2.67. The Morgan fingerprint density at radius 2 is 1.96 bits per heavy atom. The van der Waals surface area contributed by atoms with E-state index in [1.807, 2.05) is 58.6 Å². The Labute approximate surface area is 156 Å². The van der Waals surface area contributed by atoms with E-state index in [-0.39, 0.29) is 5.91 Å². The van der Waals surface area contributed by atoms with E-state index >= 15 is 0 Å². The summed E-state index contributed by atoms with van der Waals surface area (Å²) in [6, 6.07) is 13.3. The van der Waals surface area contributed by atoms with Crippen LogP contribution in [0.15, 0.2) is 65.7 Å². The van der Waals surface area contributed by atoms with E-state index in [1.165, 1.54) is 11.3 Å². The summed E-state index contributed by atoms with van der Waals surface area (Å²) >= 11 is 3.13. The molecule has 0 radical (unpaired) electrons. The summed E-state index contributed by atoms with van der Waals surface area (Å²) in [5, 5.41) is 4.95. The van der Waals surface area contributed by atoms with Crippen LogP contribution in [-0.2, 0) is 0 Å².